The number of nitrogens with zero attached hydrogens (tertiary/aromatic N) is 2. The highest BCUT2D eigenvalue weighted by Crippen LogP contribution is 2.16. The summed E-state index contributed by atoms with van der Waals surface area (Å²) >= 11 is 1.68. The Bertz CT molecular complexity index is 722. The normalized spacial score (nSPS) is 17.4. The van der Waals surface area contributed by atoms with Gasteiger partial charge in [-0.15, -0.1) is 0 Å². The number of thiophene rings is 1. The van der Waals surface area contributed by atoms with E-state index in [1.165, 1.54) is 29.8 Å². The van der Waals surface area contributed by atoms with Crippen LogP contribution in [0.4, 0.5) is 4.39 Å². The summed E-state index contributed by atoms with van der Waals surface area (Å²) in [7, 11) is -3.35. The molecule has 0 bridgehead atoms. The van der Waals surface area contributed by atoms with Crippen molar-refractivity contribution in [3.63, 3.8) is 0 Å². The number of piperazine rings is 1. The molecule has 1 aromatic carbocycles. The predicted molar refractivity (Wildman–Crippen MR) is 90.2 cm³/mol. The molecule has 23 heavy (non-hydrogen) atoms. The lowest BCUT2D eigenvalue weighted by molar-refractivity contribution is 0.181. The highest BCUT2D eigenvalue weighted by Gasteiger charge is 2.27. The number of sulfonamides is 1. The molecule has 0 unspecified atom stereocenters. The van der Waals surface area contributed by atoms with Crippen LogP contribution in [0.2, 0.25) is 0 Å². The number of benzene rings is 1. The van der Waals surface area contributed by atoms with Gasteiger partial charge in [-0.3, -0.25) is 4.90 Å². The van der Waals surface area contributed by atoms with E-state index in [1.54, 1.807) is 15.6 Å². The molecule has 0 N–H and O–H groups in total. The van der Waals surface area contributed by atoms with E-state index in [9.17, 15) is 12.8 Å². The molecule has 3 rings (SSSR count). The highest BCUT2D eigenvalue weighted by molar-refractivity contribution is 7.88. The van der Waals surface area contributed by atoms with Crippen molar-refractivity contribution in [1.82, 2.24) is 9.21 Å². The van der Waals surface area contributed by atoms with E-state index in [2.05, 4.69) is 21.7 Å². The van der Waals surface area contributed by atoms with Crippen LogP contribution >= 0.6 is 11.3 Å². The maximum Gasteiger partial charge on any atom is 0.218 e. The molecule has 0 saturated carbocycles. The average molecular weight is 354 g/mol. The Labute approximate surface area is 140 Å². The average Bonchev–Trinajstić information content (AvgIpc) is 3.03. The molecular weight excluding hydrogens is 335 g/mol. The van der Waals surface area contributed by atoms with Crippen LogP contribution in [0.5, 0.6) is 0 Å². The van der Waals surface area contributed by atoms with Crippen LogP contribution in [0, 0.1) is 5.82 Å². The molecule has 0 radical (unpaired) electrons. The van der Waals surface area contributed by atoms with Gasteiger partial charge in [-0.05, 0) is 40.1 Å². The molecule has 4 nitrogen and oxygen atoms in total. The largest absolute Gasteiger partial charge is 0.296 e. The molecule has 0 aliphatic carbocycles. The van der Waals surface area contributed by atoms with Gasteiger partial charge in [-0.25, -0.2) is 12.8 Å². The van der Waals surface area contributed by atoms with Crippen molar-refractivity contribution in [1.29, 1.82) is 0 Å². The second-order valence-corrected chi connectivity index (χ2v) is 8.44. The van der Waals surface area contributed by atoms with E-state index in [4.69, 9.17) is 0 Å². The lowest BCUT2D eigenvalue weighted by Gasteiger charge is -2.33. The third-order valence-corrected chi connectivity index (χ3v) is 6.56. The molecule has 2 heterocycles. The van der Waals surface area contributed by atoms with Crippen LogP contribution < -0.4 is 0 Å². The van der Waals surface area contributed by atoms with Gasteiger partial charge < -0.3 is 0 Å². The lowest BCUT2D eigenvalue weighted by Crippen LogP contribution is -2.48. The molecule has 2 aromatic rings. The van der Waals surface area contributed by atoms with Gasteiger partial charge in [0.05, 0.1) is 5.75 Å². The number of halogens is 1. The number of rotatable bonds is 5. The Morgan fingerprint density at radius 3 is 2.30 bits per heavy atom. The van der Waals surface area contributed by atoms with E-state index in [1.807, 2.05) is 0 Å². The minimum atomic E-state index is -3.35. The third-order valence-electron chi connectivity index (χ3n) is 3.97. The smallest absolute Gasteiger partial charge is 0.218 e. The van der Waals surface area contributed by atoms with Crippen molar-refractivity contribution < 1.29 is 12.8 Å². The maximum absolute atomic E-state index is 12.9. The van der Waals surface area contributed by atoms with Crippen LogP contribution in [0.3, 0.4) is 0 Å². The SMILES string of the molecule is O=S(=O)(Cc1ccc(F)cc1)N1CCN(Cc2ccsc2)CC1. The quantitative estimate of drug-likeness (QED) is 0.828. The minimum absolute atomic E-state index is 0.0716. The van der Waals surface area contributed by atoms with E-state index in [0.29, 0.717) is 18.7 Å². The zero-order valence-corrected chi connectivity index (χ0v) is 14.3. The highest BCUT2D eigenvalue weighted by atomic mass is 32.2. The molecule has 1 aliphatic rings. The molecular formula is C16H19FN2O2S2. The van der Waals surface area contributed by atoms with E-state index >= 15 is 0 Å². The first-order valence-electron chi connectivity index (χ1n) is 7.49. The molecule has 0 atom stereocenters. The van der Waals surface area contributed by atoms with E-state index in [0.717, 1.165) is 19.6 Å². The van der Waals surface area contributed by atoms with Crippen LogP contribution in [-0.4, -0.2) is 43.8 Å². The summed E-state index contributed by atoms with van der Waals surface area (Å²) in [5.41, 5.74) is 1.89. The summed E-state index contributed by atoms with van der Waals surface area (Å²) in [5, 5.41) is 4.18. The van der Waals surface area contributed by atoms with Gasteiger partial charge in [0.1, 0.15) is 5.82 Å². The maximum atomic E-state index is 12.9. The summed E-state index contributed by atoms with van der Waals surface area (Å²) in [4.78, 5) is 2.27. The van der Waals surface area contributed by atoms with Gasteiger partial charge >= 0.3 is 0 Å². The Hall–Kier alpha value is -1.28. The first-order chi connectivity index (χ1) is 11.0. The van der Waals surface area contributed by atoms with E-state index in [-0.39, 0.29) is 11.6 Å². The van der Waals surface area contributed by atoms with Crippen molar-refractivity contribution >= 4 is 21.4 Å². The second kappa shape index (κ2) is 7.09. The molecule has 0 spiro atoms. The van der Waals surface area contributed by atoms with Crippen LogP contribution in [0.1, 0.15) is 11.1 Å². The van der Waals surface area contributed by atoms with Gasteiger partial charge in [0, 0.05) is 32.7 Å². The molecule has 1 aliphatic heterocycles. The molecule has 1 aromatic heterocycles. The number of hydrogen-bond donors (Lipinski definition) is 0. The monoisotopic (exact) mass is 354 g/mol. The zero-order chi connectivity index (χ0) is 16.3. The molecule has 0 amide bonds. The first kappa shape index (κ1) is 16.6. The first-order valence-corrected chi connectivity index (χ1v) is 10.0. The molecule has 124 valence electrons. The fourth-order valence-corrected chi connectivity index (χ4v) is 4.86. The van der Waals surface area contributed by atoms with Crippen LogP contribution in [0.15, 0.2) is 41.1 Å². The molecule has 7 heteroatoms. The standard InChI is InChI=1S/C16H19FN2O2S2/c17-16-3-1-14(2-4-16)13-23(20,21)19-8-6-18(7-9-19)11-15-5-10-22-12-15/h1-5,10,12H,6-9,11,13H2. The van der Waals surface area contributed by atoms with Gasteiger partial charge in [0.15, 0.2) is 0 Å². The summed E-state index contributed by atoms with van der Waals surface area (Å²) in [6.07, 6.45) is 0. The number of hydrogen-bond acceptors (Lipinski definition) is 4. The zero-order valence-electron chi connectivity index (χ0n) is 12.7. The van der Waals surface area contributed by atoms with Crippen molar-refractivity contribution in [3.05, 3.63) is 58.0 Å². The van der Waals surface area contributed by atoms with Crippen molar-refractivity contribution in [3.8, 4) is 0 Å². The Balaban J connectivity index is 1.56. The summed E-state index contributed by atoms with van der Waals surface area (Å²) in [6.45, 7) is 3.35. The summed E-state index contributed by atoms with van der Waals surface area (Å²) in [6, 6.07) is 7.75. The lowest BCUT2D eigenvalue weighted by atomic mass is 10.2. The Morgan fingerprint density at radius 2 is 1.70 bits per heavy atom. The summed E-state index contributed by atoms with van der Waals surface area (Å²) < 4.78 is 39.4. The van der Waals surface area contributed by atoms with E-state index < -0.39 is 10.0 Å². The van der Waals surface area contributed by atoms with Gasteiger partial charge in [-0.1, -0.05) is 12.1 Å². The van der Waals surface area contributed by atoms with Gasteiger partial charge in [-0.2, -0.15) is 15.6 Å². The topological polar surface area (TPSA) is 40.6 Å². The fourth-order valence-electron chi connectivity index (χ4n) is 2.69. The second-order valence-electron chi connectivity index (χ2n) is 5.69. The van der Waals surface area contributed by atoms with Crippen LogP contribution in [0.25, 0.3) is 0 Å². The Kier molecular flexibility index (Phi) is 5.11. The van der Waals surface area contributed by atoms with Crippen molar-refractivity contribution in [2.75, 3.05) is 26.2 Å². The fraction of sp³-hybridized carbons (Fsp3) is 0.375. The van der Waals surface area contributed by atoms with Crippen molar-refractivity contribution in [2.45, 2.75) is 12.3 Å². The minimum Gasteiger partial charge on any atom is -0.296 e. The predicted octanol–water partition coefficient (Wildman–Crippen LogP) is 2.53. The van der Waals surface area contributed by atoms with Crippen LogP contribution in [-0.2, 0) is 22.3 Å². The molecule has 1 saturated heterocycles. The Morgan fingerprint density at radius 1 is 1.00 bits per heavy atom. The summed E-state index contributed by atoms with van der Waals surface area (Å²) in [5.74, 6) is -0.425. The third kappa shape index (κ3) is 4.38. The van der Waals surface area contributed by atoms with Gasteiger partial charge in [0.25, 0.3) is 0 Å². The van der Waals surface area contributed by atoms with Crippen molar-refractivity contribution in [2.24, 2.45) is 0 Å². The molecule has 1 fully saturated rings. The van der Waals surface area contributed by atoms with Gasteiger partial charge in [0.2, 0.25) is 10.0 Å².